The van der Waals surface area contributed by atoms with Gasteiger partial charge in [-0.1, -0.05) is 24.8 Å². The number of nitrogens with two attached hydrogens (primary N) is 1. The molecule has 1 atom stereocenters. The first-order valence-electron chi connectivity index (χ1n) is 9.79. The molecule has 162 valence electrons. The van der Waals surface area contributed by atoms with Gasteiger partial charge in [0.1, 0.15) is 17.8 Å². The summed E-state index contributed by atoms with van der Waals surface area (Å²) in [5, 5.41) is 8.05. The Morgan fingerprint density at radius 1 is 1.28 bits per heavy atom. The van der Waals surface area contributed by atoms with E-state index in [0.29, 0.717) is 28.0 Å². The van der Waals surface area contributed by atoms with Crippen LogP contribution in [-0.4, -0.2) is 32.8 Å². The average molecular weight is 432 g/mol. The zero-order chi connectivity index (χ0) is 22.8. The second-order valence-electron chi connectivity index (χ2n) is 7.06. The van der Waals surface area contributed by atoms with Gasteiger partial charge < -0.3 is 15.8 Å². The molecule has 0 fully saturated rings. The second-order valence-corrected chi connectivity index (χ2v) is 7.06. The van der Waals surface area contributed by atoms with Gasteiger partial charge in [0.2, 0.25) is 5.91 Å². The monoisotopic (exact) mass is 432 g/mol. The number of methoxy groups -OCH3 is 1. The Kier molecular flexibility index (Phi) is 5.55. The summed E-state index contributed by atoms with van der Waals surface area (Å²) < 4.78 is 21.1. The molecule has 0 bridgehead atoms. The number of rotatable bonds is 6. The molecular weight excluding hydrogens is 411 g/mol. The molecule has 2 heterocycles. The number of benzene rings is 2. The topological polar surface area (TPSA) is 108 Å². The van der Waals surface area contributed by atoms with Crippen LogP contribution in [0, 0.1) is 5.82 Å². The molecule has 4 aromatic rings. The maximum absolute atomic E-state index is 14.4. The van der Waals surface area contributed by atoms with Crippen molar-refractivity contribution in [3.63, 3.8) is 0 Å². The molecule has 4 rings (SSSR count). The number of hydrogen-bond acceptors (Lipinski definition) is 6. The SMILES string of the molecule is C=CC(=O)Nc1ccccc1C(C)n1nc(-c2ccc(OC)c(F)c2)c2c(N)ncnc21. The van der Waals surface area contributed by atoms with Gasteiger partial charge >= 0.3 is 0 Å². The highest BCUT2D eigenvalue weighted by atomic mass is 19.1. The van der Waals surface area contributed by atoms with E-state index in [2.05, 4.69) is 21.9 Å². The lowest BCUT2D eigenvalue weighted by Gasteiger charge is -2.17. The van der Waals surface area contributed by atoms with Crippen LogP contribution in [0.15, 0.2) is 61.4 Å². The van der Waals surface area contributed by atoms with Crippen LogP contribution in [0.3, 0.4) is 0 Å². The van der Waals surface area contributed by atoms with Gasteiger partial charge in [-0.05, 0) is 42.8 Å². The van der Waals surface area contributed by atoms with E-state index in [0.717, 1.165) is 5.56 Å². The first kappa shape index (κ1) is 21.0. The van der Waals surface area contributed by atoms with Crippen LogP contribution in [0.5, 0.6) is 5.75 Å². The highest BCUT2D eigenvalue weighted by Crippen LogP contribution is 2.35. The summed E-state index contributed by atoms with van der Waals surface area (Å²) >= 11 is 0. The third-order valence-electron chi connectivity index (χ3n) is 5.16. The van der Waals surface area contributed by atoms with Crippen molar-refractivity contribution in [3.05, 3.63) is 72.8 Å². The largest absolute Gasteiger partial charge is 0.494 e. The van der Waals surface area contributed by atoms with Gasteiger partial charge in [0, 0.05) is 11.3 Å². The van der Waals surface area contributed by atoms with Crippen molar-refractivity contribution in [2.24, 2.45) is 0 Å². The van der Waals surface area contributed by atoms with Gasteiger partial charge in [-0.15, -0.1) is 0 Å². The molecule has 2 aromatic carbocycles. The van der Waals surface area contributed by atoms with Crippen molar-refractivity contribution in [1.29, 1.82) is 0 Å². The zero-order valence-electron chi connectivity index (χ0n) is 17.5. The lowest BCUT2D eigenvalue weighted by atomic mass is 10.1. The Balaban J connectivity index is 1.89. The number of fused-ring (bicyclic) bond motifs is 1. The Morgan fingerprint density at radius 3 is 2.78 bits per heavy atom. The molecule has 0 saturated carbocycles. The summed E-state index contributed by atoms with van der Waals surface area (Å²) in [5.74, 6) is -0.487. The number of carbonyl (C=O) groups excluding carboxylic acids is 1. The van der Waals surface area contributed by atoms with Crippen LogP contribution in [0.2, 0.25) is 0 Å². The lowest BCUT2D eigenvalue weighted by Crippen LogP contribution is -2.15. The molecule has 0 aliphatic carbocycles. The molecular formula is C23H21FN6O2. The first-order chi connectivity index (χ1) is 15.4. The van der Waals surface area contributed by atoms with Gasteiger partial charge in [0.15, 0.2) is 17.2 Å². The molecule has 1 unspecified atom stereocenters. The number of carbonyl (C=O) groups is 1. The van der Waals surface area contributed by atoms with Crippen molar-refractivity contribution in [3.8, 4) is 17.0 Å². The molecule has 0 radical (unpaired) electrons. The Hall–Kier alpha value is -4.27. The van der Waals surface area contributed by atoms with E-state index in [4.69, 9.17) is 15.6 Å². The van der Waals surface area contributed by atoms with E-state index in [1.54, 1.807) is 16.8 Å². The number of nitrogens with zero attached hydrogens (tertiary/aromatic N) is 4. The fourth-order valence-corrected chi connectivity index (χ4v) is 3.57. The molecule has 0 aliphatic rings. The molecule has 2 aromatic heterocycles. The van der Waals surface area contributed by atoms with E-state index < -0.39 is 5.82 Å². The van der Waals surface area contributed by atoms with E-state index in [1.165, 1.54) is 31.6 Å². The number of amides is 1. The highest BCUT2D eigenvalue weighted by molar-refractivity contribution is 6.00. The summed E-state index contributed by atoms with van der Waals surface area (Å²) in [6.07, 6.45) is 2.56. The van der Waals surface area contributed by atoms with Crippen molar-refractivity contribution in [2.75, 3.05) is 18.2 Å². The van der Waals surface area contributed by atoms with Gasteiger partial charge in [-0.3, -0.25) is 4.79 Å². The fourth-order valence-electron chi connectivity index (χ4n) is 3.57. The Bertz CT molecular complexity index is 1330. The molecule has 1 amide bonds. The van der Waals surface area contributed by atoms with Crippen LogP contribution in [0.4, 0.5) is 15.9 Å². The molecule has 0 spiro atoms. The van der Waals surface area contributed by atoms with E-state index in [-0.39, 0.29) is 23.5 Å². The Labute approximate surface area is 183 Å². The number of nitrogen functional groups attached to an aromatic ring is 1. The Morgan fingerprint density at radius 2 is 2.06 bits per heavy atom. The summed E-state index contributed by atoms with van der Waals surface area (Å²) in [6.45, 7) is 5.42. The normalized spacial score (nSPS) is 11.8. The predicted octanol–water partition coefficient (Wildman–Crippen LogP) is 3.96. The summed E-state index contributed by atoms with van der Waals surface area (Å²) in [4.78, 5) is 20.4. The number of halogens is 1. The number of hydrogen-bond donors (Lipinski definition) is 2. The van der Waals surface area contributed by atoms with E-state index in [1.807, 2.05) is 25.1 Å². The number of para-hydroxylation sites is 1. The van der Waals surface area contributed by atoms with Crippen LogP contribution >= 0.6 is 0 Å². The smallest absolute Gasteiger partial charge is 0.247 e. The molecule has 3 N–H and O–H groups in total. The lowest BCUT2D eigenvalue weighted by molar-refractivity contribution is -0.111. The van der Waals surface area contributed by atoms with Gasteiger partial charge in [0.05, 0.1) is 18.5 Å². The number of aromatic nitrogens is 4. The summed E-state index contributed by atoms with van der Waals surface area (Å²) in [6, 6.07) is 11.6. The quantitative estimate of drug-likeness (QED) is 0.447. The van der Waals surface area contributed by atoms with Crippen molar-refractivity contribution >= 4 is 28.4 Å². The van der Waals surface area contributed by atoms with Gasteiger partial charge in [-0.2, -0.15) is 5.10 Å². The minimum Gasteiger partial charge on any atom is -0.494 e. The minimum atomic E-state index is -0.520. The highest BCUT2D eigenvalue weighted by Gasteiger charge is 2.23. The third-order valence-corrected chi connectivity index (χ3v) is 5.16. The summed E-state index contributed by atoms with van der Waals surface area (Å²) in [7, 11) is 1.40. The fraction of sp³-hybridized carbons (Fsp3) is 0.130. The average Bonchev–Trinajstić information content (AvgIpc) is 3.20. The molecule has 8 nitrogen and oxygen atoms in total. The standard InChI is InChI=1S/C23H21FN6O2/c1-4-19(31)28-17-8-6-5-7-15(17)13(2)30-23-20(22(25)26-12-27-23)21(29-30)14-9-10-18(32-3)16(24)11-14/h4-13H,1H2,2-3H3,(H,28,31)(H2,25,26,27). The number of anilines is 2. The maximum Gasteiger partial charge on any atom is 0.247 e. The number of nitrogens with one attached hydrogen (secondary N) is 1. The van der Waals surface area contributed by atoms with E-state index in [9.17, 15) is 9.18 Å². The minimum absolute atomic E-state index is 0.127. The summed E-state index contributed by atoms with van der Waals surface area (Å²) in [5.41, 5.74) is 9.02. The van der Waals surface area contributed by atoms with Gasteiger partial charge in [-0.25, -0.2) is 19.0 Å². The molecule has 32 heavy (non-hydrogen) atoms. The van der Waals surface area contributed by atoms with Crippen molar-refractivity contribution in [1.82, 2.24) is 19.7 Å². The first-order valence-corrected chi connectivity index (χ1v) is 9.79. The second kappa shape index (κ2) is 8.46. The molecule has 0 aliphatic heterocycles. The molecule has 0 saturated heterocycles. The van der Waals surface area contributed by atoms with Crippen LogP contribution in [0.25, 0.3) is 22.3 Å². The van der Waals surface area contributed by atoms with E-state index >= 15 is 0 Å². The predicted molar refractivity (Wildman–Crippen MR) is 121 cm³/mol. The van der Waals surface area contributed by atoms with Crippen molar-refractivity contribution in [2.45, 2.75) is 13.0 Å². The van der Waals surface area contributed by atoms with Crippen molar-refractivity contribution < 1.29 is 13.9 Å². The van der Waals surface area contributed by atoms with Crippen LogP contribution in [0.1, 0.15) is 18.5 Å². The number of ether oxygens (including phenoxy) is 1. The van der Waals surface area contributed by atoms with Gasteiger partial charge in [0.25, 0.3) is 0 Å². The third kappa shape index (κ3) is 3.64. The maximum atomic E-state index is 14.4. The van der Waals surface area contributed by atoms with Crippen LogP contribution in [-0.2, 0) is 4.79 Å². The molecule has 9 heteroatoms. The zero-order valence-corrected chi connectivity index (χ0v) is 17.5. The van der Waals surface area contributed by atoms with Crippen LogP contribution < -0.4 is 15.8 Å².